The van der Waals surface area contributed by atoms with E-state index in [2.05, 4.69) is 5.32 Å². The lowest BCUT2D eigenvalue weighted by atomic mass is 9.96. The normalized spacial score (nSPS) is 32.2. The summed E-state index contributed by atoms with van der Waals surface area (Å²) in [6.45, 7) is 0.980. The summed E-state index contributed by atoms with van der Waals surface area (Å²) in [5.74, 6) is -0.800. The van der Waals surface area contributed by atoms with Crippen molar-refractivity contribution in [3.05, 3.63) is 0 Å². The van der Waals surface area contributed by atoms with Crippen molar-refractivity contribution in [2.45, 2.75) is 37.3 Å². The van der Waals surface area contributed by atoms with E-state index in [-0.39, 0.29) is 5.54 Å². The Morgan fingerprint density at radius 2 is 2.15 bits per heavy atom. The van der Waals surface area contributed by atoms with Gasteiger partial charge in [-0.2, -0.15) is 0 Å². The van der Waals surface area contributed by atoms with E-state index in [1.807, 2.05) is 0 Å². The Hall–Kier alpha value is -0.610. The second-order valence-electron chi connectivity index (χ2n) is 4.04. The van der Waals surface area contributed by atoms with Gasteiger partial charge in [0.05, 0.1) is 13.2 Å². The molecule has 0 amide bonds. The number of carbonyl (C=O) groups is 1. The molecule has 0 aromatic rings. The second-order valence-corrected chi connectivity index (χ2v) is 4.04. The molecule has 0 bridgehead atoms. The lowest BCUT2D eigenvalue weighted by Gasteiger charge is -2.37. The van der Waals surface area contributed by atoms with Crippen molar-refractivity contribution in [3.8, 4) is 0 Å². The molecule has 2 rings (SSSR count). The van der Waals surface area contributed by atoms with E-state index in [4.69, 9.17) is 9.84 Å². The van der Waals surface area contributed by atoms with Crippen molar-refractivity contribution in [1.82, 2.24) is 5.32 Å². The number of carboxylic acids is 1. The Labute approximate surface area is 77.3 Å². The molecule has 1 aliphatic heterocycles. The van der Waals surface area contributed by atoms with E-state index in [0.29, 0.717) is 13.2 Å². The van der Waals surface area contributed by atoms with Crippen molar-refractivity contribution < 1.29 is 14.6 Å². The van der Waals surface area contributed by atoms with Crippen LogP contribution in [0.4, 0.5) is 0 Å². The molecule has 1 atom stereocenters. The van der Waals surface area contributed by atoms with Crippen LogP contribution in [0.1, 0.15) is 25.7 Å². The van der Waals surface area contributed by atoms with Gasteiger partial charge in [-0.05, 0) is 12.8 Å². The van der Waals surface area contributed by atoms with Gasteiger partial charge in [0, 0.05) is 5.54 Å². The first-order chi connectivity index (χ1) is 6.22. The number of ether oxygens (including phenoxy) is 1. The number of rotatable bonds is 1. The third kappa shape index (κ3) is 1.69. The quantitative estimate of drug-likeness (QED) is 0.619. The Morgan fingerprint density at radius 1 is 1.46 bits per heavy atom. The highest BCUT2D eigenvalue weighted by molar-refractivity contribution is 5.73. The molecule has 4 heteroatoms. The molecule has 1 unspecified atom stereocenters. The van der Waals surface area contributed by atoms with E-state index >= 15 is 0 Å². The predicted octanol–water partition coefficient (Wildman–Crippen LogP) is 0.372. The molecule has 2 fully saturated rings. The molecule has 2 aliphatic rings. The minimum absolute atomic E-state index is 0.0265. The number of hydrogen-bond acceptors (Lipinski definition) is 3. The summed E-state index contributed by atoms with van der Waals surface area (Å²) >= 11 is 0. The zero-order valence-corrected chi connectivity index (χ0v) is 7.58. The Kier molecular flexibility index (Phi) is 2.26. The number of morpholine rings is 1. The van der Waals surface area contributed by atoms with Crippen molar-refractivity contribution >= 4 is 5.97 Å². The van der Waals surface area contributed by atoms with Crippen LogP contribution in [0.25, 0.3) is 0 Å². The lowest BCUT2D eigenvalue weighted by Crippen LogP contribution is -2.60. The molecule has 1 spiro atoms. The van der Waals surface area contributed by atoms with E-state index < -0.39 is 12.0 Å². The number of carboxylic acid groups (broad SMARTS) is 1. The summed E-state index contributed by atoms with van der Waals surface area (Å²) < 4.78 is 5.34. The summed E-state index contributed by atoms with van der Waals surface area (Å²) in [5, 5.41) is 12.0. The highest BCUT2D eigenvalue weighted by atomic mass is 16.5. The largest absolute Gasteiger partial charge is 0.480 e. The molecule has 0 radical (unpaired) electrons. The van der Waals surface area contributed by atoms with Crippen LogP contribution in [-0.4, -0.2) is 35.9 Å². The fraction of sp³-hybridized carbons (Fsp3) is 0.889. The molecule has 1 aliphatic carbocycles. The highest BCUT2D eigenvalue weighted by Crippen LogP contribution is 2.32. The average Bonchev–Trinajstić information content (AvgIpc) is 2.53. The van der Waals surface area contributed by atoms with Crippen molar-refractivity contribution in [1.29, 1.82) is 0 Å². The summed E-state index contributed by atoms with van der Waals surface area (Å²) in [4.78, 5) is 10.8. The molecule has 1 heterocycles. The zero-order valence-electron chi connectivity index (χ0n) is 7.58. The zero-order chi connectivity index (χ0) is 9.31. The fourth-order valence-electron chi connectivity index (χ4n) is 2.30. The maximum Gasteiger partial charge on any atom is 0.323 e. The topological polar surface area (TPSA) is 58.6 Å². The highest BCUT2D eigenvalue weighted by Gasteiger charge is 2.40. The molecular formula is C9H15NO3. The van der Waals surface area contributed by atoms with Gasteiger partial charge in [-0.25, -0.2) is 0 Å². The van der Waals surface area contributed by atoms with Crippen molar-refractivity contribution in [2.24, 2.45) is 0 Å². The molecule has 13 heavy (non-hydrogen) atoms. The third-order valence-electron chi connectivity index (χ3n) is 3.00. The second kappa shape index (κ2) is 3.27. The summed E-state index contributed by atoms with van der Waals surface area (Å²) in [6, 6.07) is -0.508. The average molecular weight is 185 g/mol. The van der Waals surface area contributed by atoms with Gasteiger partial charge in [0.2, 0.25) is 0 Å². The fourth-order valence-corrected chi connectivity index (χ4v) is 2.30. The van der Waals surface area contributed by atoms with Gasteiger partial charge in [-0.1, -0.05) is 12.8 Å². The van der Waals surface area contributed by atoms with Crippen molar-refractivity contribution in [2.75, 3.05) is 13.2 Å². The van der Waals surface area contributed by atoms with Gasteiger partial charge in [0.1, 0.15) is 6.04 Å². The minimum Gasteiger partial charge on any atom is -0.480 e. The number of aliphatic carboxylic acids is 1. The van der Waals surface area contributed by atoms with Gasteiger partial charge < -0.3 is 9.84 Å². The number of nitrogens with one attached hydrogen (secondary N) is 1. The molecule has 4 nitrogen and oxygen atoms in total. The third-order valence-corrected chi connectivity index (χ3v) is 3.00. The first-order valence-electron chi connectivity index (χ1n) is 4.80. The molecule has 2 N–H and O–H groups in total. The van der Waals surface area contributed by atoms with Crippen LogP contribution < -0.4 is 5.32 Å². The van der Waals surface area contributed by atoms with E-state index in [0.717, 1.165) is 12.8 Å². The Balaban J connectivity index is 2.02. The first-order valence-corrected chi connectivity index (χ1v) is 4.80. The molecule has 0 aromatic heterocycles. The smallest absolute Gasteiger partial charge is 0.323 e. The number of hydrogen-bond donors (Lipinski definition) is 2. The predicted molar refractivity (Wildman–Crippen MR) is 46.6 cm³/mol. The first kappa shape index (κ1) is 8.97. The Morgan fingerprint density at radius 3 is 2.77 bits per heavy atom. The monoisotopic (exact) mass is 185 g/mol. The lowest BCUT2D eigenvalue weighted by molar-refractivity contribution is -0.145. The van der Waals surface area contributed by atoms with Gasteiger partial charge in [-0.3, -0.25) is 10.1 Å². The van der Waals surface area contributed by atoms with Gasteiger partial charge in [0.15, 0.2) is 0 Å². The van der Waals surface area contributed by atoms with Crippen LogP contribution in [0, 0.1) is 0 Å². The van der Waals surface area contributed by atoms with Gasteiger partial charge in [-0.15, -0.1) is 0 Å². The van der Waals surface area contributed by atoms with Crippen LogP contribution in [0.2, 0.25) is 0 Å². The molecular weight excluding hydrogens is 170 g/mol. The van der Waals surface area contributed by atoms with Gasteiger partial charge >= 0.3 is 5.97 Å². The van der Waals surface area contributed by atoms with E-state index in [1.54, 1.807) is 0 Å². The van der Waals surface area contributed by atoms with E-state index in [1.165, 1.54) is 12.8 Å². The summed E-state index contributed by atoms with van der Waals surface area (Å²) in [7, 11) is 0. The van der Waals surface area contributed by atoms with Crippen LogP contribution in [-0.2, 0) is 9.53 Å². The molecule has 0 aromatic carbocycles. The summed E-state index contributed by atoms with van der Waals surface area (Å²) in [5.41, 5.74) is -0.0265. The van der Waals surface area contributed by atoms with Crippen LogP contribution >= 0.6 is 0 Å². The molecule has 74 valence electrons. The Bertz CT molecular complexity index is 211. The maximum atomic E-state index is 10.8. The SMILES string of the molecule is O=C(O)C1COCC2(CCCC2)N1. The molecule has 1 saturated heterocycles. The van der Waals surface area contributed by atoms with Crippen LogP contribution in [0.15, 0.2) is 0 Å². The minimum atomic E-state index is -0.800. The van der Waals surface area contributed by atoms with Crippen LogP contribution in [0.3, 0.4) is 0 Å². The summed E-state index contributed by atoms with van der Waals surface area (Å²) in [6.07, 6.45) is 4.47. The van der Waals surface area contributed by atoms with Gasteiger partial charge in [0.25, 0.3) is 0 Å². The maximum absolute atomic E-state index is 10.8. The van der Waals surface area contributed by atoms with Crippen molar-refractivity contribution in [3.63, 3.8) is 0 Å². The van der Waals surface area contributed by atoms with E-state index in [9.17, 15) is 4.79 Å². The van der Waals surface area contributed by atoms with Crippen LogP contribution in [0.5, 0.6) is 0 Å². The standard InChI is InChI=1S/C9H15NO3/c11-8(12)7-5-13-6-9(10-7)3-1-2-4-9/h7,10H,1-6H2,(H,11,12). The molecule has 1 saturated carbocycles.